The van der Waals surface area contributed by atoms with E-state index in [0.717, 1.165) is 4.90 Å². The summed E-state index contributed by atoms with van der Waals surface area (Å²) in [5.41, 5.74) is 0.907. The van der Waals surface area contributed by atoms with Crippen LogP contribution in [0.15, 0.2) is 60.7 Å². The molecule has 1 saturated heterocycles. The number of hydrogen-bond donors (Lipinski definition) is 2. The molecule has 1 aliphatic heterocycles. The van der Waals surface area contributed by atoms with E-state index in [2.05, 4.69) is 10.6 Å². The number of rotatable bonds is 6. The summed E-state index contributed by atoms with van der Waals surface area (Å²) in [7, 11) is 0. The molecule has 0 saturated carbocycles. The molecule has 1 atom stereocenters. The molecule has 8 nitrogen and oxygen atoms in total. The van der Waals surface area contributed by atoms with Gasteiger partial charge in [-0.15, -0.1) is 0 Å². The molecule has 1 aliphatic rings. The first-order valence-electron chi connectivity index (χ1n) is 8.72. The summed E-state index contributed by atoms with van der Waals surface area (Å²) in [4.78, 5) is 49.6. The molecule has 144 valence electrons. The van der Waals surface area contributed by atoms with Crippen molar-refractivity contribution in [3.05, 3.63) is 71.8 Å². The lowest BCUT2D eigenvalue weighted by atomic mass is 10.1. The first-order chi connectivity index (χ1) is 13.6. The molecule has 0 radical (unpaired) electrons. The van der Waals surface area contributed by atoms with Crippen LogP contribution in [0, 0.1) is 0 Å². The number of imide groups is 1. The van der Waals surface area contributed by atoms with Crippen LogP contribution in [0.25, 0.3) is 0 Å². The standard InChI is InChI=1S/C20H19N3O5/c24-16(23-12-11-21-20(23)27)13-28-19(26)17(14-7-3-1-4-8-14)22-18(25)15-9-5-2-6-10-15/h1-10,17H,11-13H2,(H,21,27)(H,22,25). The number of ether oxygens (including phenoxy) is 1. The quantitative estimate of drug-likeness (QED) is 0.733. The minimum atomic E-state index is -1.09. The summed E-state index contributed by atoms with van der Waals surface area (Å²) in [5.74, 6) is -1.86. The highest BCUT2D eigenvalue weighted by molar-refractivity contribution is 5.98. The van der Waals surface area contributed by atoms with E-state index in [0.29, 0.717) is 17.7 Å². The van der Waals surface area contributed by atoms with Gasteiger partial charge in [0, 0.05) is 18.7 Å². The minimum Gasteiger partial charge on any atom is -0.454 e. The second-order valence-electron chi connectivity index (χ2n) is 6.07. The van der Waals surface area contributed by atoms with Crippen molar-refractivity contribution < 1.29 is 23.9 Å². The average molecular weight is 381 g/mol. The van der Waals surface area contributed by atoms with Crippen LogP contribution in [0.4, 0.5) is 4.79 Å². The number of benzene rings is 2. The van der Waals surface area contributed by atoms with Crippen LogP contribution in [0.5, 0.6) is 0 Å². The van der Waals surface area contributed by atoms with Crippen LogP contribution in [-0.4, -0.2) is 48.4 Å². The van der Waals surface area contributed by atoms with E-state index in [4.69, 9.17) is 4.74 Å². The predicted octanol–water partition coefficient (Wildman–Crippen LogP) is 1.25. The number of amides is 4. The highest BCUT2D eigenvalue weighted by Crippen LogP contribution is 2.16. The number of carbonyl (C=O) groups excluding carboxylic acids is 4. The largest absolute Gasteiger partial charge is 0.454 e. The fourth-order valence-electron chi connectivity index (χ4n) is 2.73. The zero-order valence-corrected chi connectivity index (χ0v) is 15.0. The van der Waals surface area contributed by atoms with Crippen LogP contribution in [0.2, 0.25) is 0 Å². The van der Waals surface area contributed by atoms with Gasteiger partial charge in [0.2, 0.25) is 0 Å². The van der Waals surface area contributed by atoms with E-state index in [-0.39, 0.29) is 6.54 Å². The highest BCUT2D eigenvalue weighted by Gasteiger charge is 2.29. The zero-order valence-electron chi connectivity index (χ0n) is 15.0. The Morgan fingerprint density at radius 1 is 1.04 bits per heavy atom. The second-order valence-corrected chi connectivity index (χ2v) is 6.07. The highest BCUT2D eigenvalue weighted by atomic mass is 16.5. The van der Waals surface area contributed by atoms with Gasteiger partial charge < -0.3 is 15.4 Å². The van der Waals surface area contributed by atoms with Crippen LogP contribution in [0.1, 0.15) is 22.0 Å². The fourth-order valence-corrected chi connectivity index (χ4v) is 2.73. The van der Waals surface area contributed by atoms with Gasteiger partial charge in [-0.1, -0.05) is 48.5 Å². The van der Waals surface area contributed by atoms with Gasteiger partial charge in [-0.05, 0) is 17.7 Å². The van der Waals surface area contributed by atoms with Crippen molar-refractivity contribution in [1.82, 2.24) is 15.5 Å². The lowest BCUT2D eigenvalue weighted by Gasteiger charge is -2.19. The van der Waals surface area contributed by atoms with Crippen LogP contribution < -0.4 is 10.6 Å². The number of carbonyl (C=O) groups is 4. The van der Waals surface area contributed by atoms with Gasteiger partial charge in [-0.3, -0.25) is 14.5 Å². The topological polar surface area (TPSA) is 105 Å². The molecule has 2 N–H and O–H groups in total. The third-order valence-corrected chi connectivity index (χ3v) is 4.18. The Kier molecular flexibility index (Phi) is 6.01. The molecule has 2 aromatic rings. The van der Waals surface area contributed by atoms with Gasteiger partial charge in [-0.2, -0.15) is 0 Å². The summed E-state index contributed by atoms with van der Waals surface area (Å²) in [6.45, 7) is -0.00282. The van der Waals surface area contributed by atoms with Crippen molar-refractivity contribution in [3.63, 3.8) is 0 Å². The van der Waals surface area contributed by atoms with E-state index >= 15 is 0 Å². The van der Waals surface area contributed by atoms with Crippen molar-refractivity contribution in [2.45, 2.75) is 6.04 Å². The first kappa shape index (κ1) is 19.1. The predicted molar refractivity (Wildman–Crippen MR) is 99.2 cm³/mol. The molecule has 0 aliphatic carbocycles. The number of nitrogens with one attached hydrogen (secondary N) is 2. The fraction of sp³-hybridized carbons (Fsp3) is 0.200. The maximum atomic E-state index is 12.6. The van der Waals surface area contributed by atoms with E-state index < -0.39 is 36.5 Å². The summed E-state index contributed by atoms with van der Waals surface area (Å²) in [6, 6.07) is 15.4. The van der Waals surface area contributed by atoms with Crippen molar-refractivity contribution in [2.75, 3.05) is 19.7 Å². The zero-order chi connectivity index (χ0) is 19.9. The van der Waals surface area contributed by atoms with Gasteiger partial charge in [0.25, 0.3) is 11.8 Å². The first-order valence-corrected chi connectivity index (χ1v) is 8.72. The van der Waals surface area contributed by atoms with Gasteiger partial charge in [0.05, 0.1) is 0 Å². The van der Waals surface area contributed by atoms with E-state index in [1.165, 1.54) is 0 Å². The van der Waals surface area contributed by atoms with Gasteiger partial charge in [0.1, 0.15) is 0 Å². The number of esters is 1. The molecule has 0 aromatic heterocycles. The van der Waals surface area contributed by atoms with E-state index in [1.807, 2.05) is 0 Å². The number of hydrogen-bond acceptors (Lipinski definition) is 5. The molecule has 28 heavy (non-hydrogen) atoms. The van der Waals surface area contributed by atoms with Gasteiger partial charge >= 0.3 is 12.0 Å². The number of urea groups is 1. The molecular formula is C20H19N3O5. The third kappa shape index (κ3) is 4.53. The Bertz CT molecular complexity index is 870. The van der Waals surface area contributed by atoms with Crippen LogP contribution >= 0.6 is 0 Å². The summed E-state index contributed by atoms with van der Waals surface area (Å²) in [5, 5.41) is 5.13. The Hall–Kier alpha value is -3.68. The van der Waals surface area contributed by atoms with Crippen LogP contribution in [-0.2, 0) is 14.3 Å². The SMILES string of the molecule is O=C(NC(C(=O)OCC(=O)N1CCNC1=O)c1ccccc1)c1ccccc1. The molecule has 0 spiro atoms. The summed E-state index contributed by atoms with van der Waals surface area (Å²) < 4.78 is 5.09. The van der Waals surface area contributed by atoms with Gasteiger partial charge in [0.15, 0.2) is 12.6 Å². The van der Waals surface area contributed by atoms with E-state index in [1.54, 1.807) is 60.7 Å². The Morgan fingerprint density at radius 3 is 2.29 bits per heavy atom. The van der Waals surface area contributed by atoms with Crippen molar-refractivity contribution in [3.8, 4) is 0 Å². The Balaban J connectivity index is 1.69. The Morgan fingerprint density at radius 2 is 1.68 bits per heavy atom. The molecule has 3 rings (SSSR count). The second kappa shape index (κ2) is 8.81. The van der Waals surface area contributed by atoms with E-state index in [9.17, 15) is 19.2 Å². The minimum absolute atomic E-state index is 0.224. The molecular weight excluding hydrogens is 362 g/mol. The summed E-state index contributed by atoms with van der Waals surface area (Å²) >= 11 is 0. The monoisotopic (exact) mass is 381 g/mol. The molecule has 1 fully saturated rings. The molecule has 0 bridgehead atoms. The molecule has 1 heterocycles. The average Bonchev–Trinajstić information content (AvgIpc) is 3.17. The molecule has 2 aromatic carbocycles. The van der Waals surface area contributed by atoms with Crippen molar-refractivity contribution in [1.29, 1.82) is 0 Å². The maximum absolute atomic E-state index is 12.6. The summed E-state index contributed by atoms with van der Waals surface area (Å²) in [6.07, 6.45) is 0. The normalized spacial score (nSPS) is 14.1. The Labute approximate surface area is 161 Å². The smallest absolute Gasteiger partial charge is 0.333 e. The lowest BCUT2D eigenvalue weighted by molar-refractivity contribution is -0.152. The van der Waals surface area contributed by atoms with Crippen molar-refractivity contribution in [2.24, 2.45) is 0 Å². The van der Waals surface area contributed by atoms with Crippen LogP contribution in [0.3, 0.4) is 0 Å². The van der Waals surface area contributed by atoms with Gasteiger partial charge in [-0.25, -0.2) is 9.59 Å². The lowest BCUT2D eigenvalue weighted by Crippen LogP contribution is -2.39. The molecule has 4 amide bonds. The number of nitrogens with zero attached hydrogens (tertiary/aromatic N) is 1. The van der Waals surface area contributed by atoms with Crippen molar-refractivity contribution >= 4 is 23.8 Å². The maximum Gasteiger partial charge on any atom is 0.333 e. The molecule has 1 unspecified atom stereocenters. The third-order valence-electron chi connectivity index (χ3n) is 4.18. The molecule has 8 heteroatoms.